The van der Waals surface area contributed by atoms with Crippen molar-refractivity contribution in [2.24, 2.45) is 0 Å². The van der Waals surface area contributed by atoms with E-state index in [1.165, 1.54) is 18.2 Å². The molecular weight excluding hydrogens is 262 g/mol. The summed E-state index contributed by atoms with van der Waals surface area (Å²) in [5.41, 5.74) is 0.161. The molecule has 8 nitrogen and oxygen atoms in total. The molecule has 0 unspecified atom stereocenters. The van der Waals surface area contributed by atoms with Gasteiger partial charge in [0.15, 0.2) is 0 Å². The van der Waals surface area contributed by atoms with Crippen molar-refractivity contribution in [2.75, 3.05) is 5.32 Å². The highest BCUT2D eigenvalue weighted by atomic mass is 35.5. The van der Waals surface area contributed by atoms with Crippen molar-refractivity contribution >= 4 is 29.2 Å². The Morgan fingerprint density at radius 1 is 1.39 bits per heavy atom. The molecule has 3 N–H and O–H groups in total. The minimum Gasteiger partial charge on any atom is -0.478 e. The van der Waals surface area contributed by atoms with Gasteiger partial charge in [0.1, 0.15) is 0 Å². The van der Waals surface area contributed by atoms with Crippen LogP contribution >= 0.6 is 11.6 Å². The number of benzene rings is 1. The average Bonchev–Trinajstić information content (AvgIpc) is 2.85. The molecule has 0 atom stereocenters. The molecule has 0 aliphatic carbocycles. The molecule has 1 aromatic heterocycles. The largest absolute Gasteiger partial charge is 0.478 e. The molecule has 0 saturated carbocycles. The number of halogens is 1. The van der Waals surface area contributed by atoms with Gasteiger partial charge in [-0.25, -0.2) is 4.79 Å². The van der Waals surface area contributed by atoms with Gasteiger partial charge >= 0.3 is 5.97 Å². The molecule has 0 saturated heterocycles. The van der Waals surface area contributed by atoms with Crippen LogP contribution in [0.4, 0.5) is 5.69 Å². The molecule has 1 amide bonds. The van der Waals surface area contributed by atoms with Crippen molar-refractivity contribution in [1.82, 2.24) is 20.6 Å². The molecule has 0 bridgehead atoms. The number of amides is 1. The molecule has 92 valence electrons. The lowest BCUT2D eigenvalue weighted by molar-refractivity contribution is 0.0696. The summed E-state index contributed by atoms with van der Waals surface area (Å²) >= 11 is 5.83. The summed E-state index contributed by atoms with van der Waals surface area (Å²) in [4.78, 5) is 22.4. The fourth-order valence-corrected chi connectivity index (χ4v) is 1.36. The van der Waals surface area contributed by atoms with Gasteiger partial charge in [-0.05, 0) is 23.4 Å². The lowest BCUT2D eigenvalue weighted by atomic mass is 10.2. The van der Waals surface area contributed by atoms with Gasteiger partial charge in [-0.15, -0.1) is 10.2 Å². The molecule has 9 heteroatoms. The van der Waals surface area contributed by atoms with Crippen LogP contribution < -0.4 is 5.32 Å². The summed E-state index contributed by atoms with van der Waals surface area (Å²) in [7, 11) is 0. The Labute approximate surface area is 105 Å². The van der Waals surface area contributed by atoms with Gasteiger partial charge in [0.25, 0.3) is 11.7 Å². The van der Waals surface area contributed by atoms with E-state index in [-0.39, 0.29) is 22.1 Å². The Kier molecular flexibility index (Phi) is 3.20. The normalized spacial score (nSPS) is 10.1. The van der Waals surface area contributed by atoms with Crippen LogP contribution in [0.15, 0.2) is 18.2 Å². The molecule has 0 radical (unpaired) electrons. The van der Waals surface area contributed by atoms with Gasteiger partial charge < -0.3 is 10.4 Å². The summed E-state index contributed by atoms with van der Waals surface area (Å²) in [5.74, 6) is -1.94. The van der Waals surface area contributed by atoms with Gasteiger partial charge in [0.2, 0.25) is 0 Å². The number of hydrogen-bond donors (Lipinski definition) is 3. The number of tetrazole rings is 1. The zero-order chi connectivity index (χ0) is 13.1. The Morgan fingerprint density at radius 3 is 2.78 bits per heavy atom. The second-order valence-corrected chi connectivity index (χ2v) is 3.60. The number of aromatic nitrogens is 4. The van der Waals surface area contributed by atoms with E-state index in [2.05, 4.69) is 25.9 Å². The van der Waals surface area contributed by atoms with Gasteiger partial charge in [0.05, 0.1) is 16.3 Å². The lowest BCUT2D eigenvalue weighted by Gasteiger charge is -2.05. The highest BCUT2D eigenvalue weighted by Gasteiger charge is 2.14. The van der Waals surface area contributed by atoms with Crippen LogP contribution in [0.5, 0.6) is 0 Å². The number of rotatable bonds is 3. The fraction of sp³-hybridized carbons (Fsp3) is 0. The second kappa shape index (κ2) is 4.80. The number of aromatic amines is 1. The highest BCUT2D eigenvalue weighted by Crippen LogP contribution is 2.23. The van der Waals surface area contributed by atoms with E-state index in [4.69, 9.17) is 16.7 Å². The summed E-state index contributed by atoms with van der Waals surface area (Å²) in [6.07, 6.45) is 0. The van der Waals surface area contributed by atoms with Crippen LogP contribution in [-0.4, -0.2) is 37.6 Å². The Bertz CT molecular complexity index is 598. The zero-order valence-electron chi connectivity index (χ0n) is 8.72. The van der Waals surface area contributed by atoms with E-state index in [1.807, 2.05) is 0 Å². The SMILES string of the molecule is O=C(O)c1ccc(Cl)c(NC(=O)c2nn[nH]n2)c1. The van der Waals surface area contributed by atoms with Gasteiger partial charge in [-0.1, -0.05) is 11.6 Å². The van der Waals surface area contributed by atoms with Crippen LogP contribution in [0, 0.1) is 0 Å². The Morgan fingerprint density at radius 2 is 2.17 bits per heavy atom. The molecule has 2 rings (SSSR count). The predicted molar refractivity (Wildman–Crippen MR) is 60.5 cm³/mol. The number of carboxylic acids is 1. The van der Waals surface area contributed by atoms with E-state index in [0.717, 1.165) is 0 Å². The van der Waals surface area contributed by atoms with E-state index in [9.17, 15) is 9.59 Å². The molecule has 1 heterocycles. The number of carbonyl (C=O) groups is 2. The first-order chi connectivity index (χ1) is 8.58. The Hall–Kier alpha value is -2.48. The van der Waals surface area contributed by atoms with Gasteiger partial charge in [0, 0.05) is 0 Å². The highest BCUT2D eigenvalue weighted by molar-refractivity contribution is 6.34. The molecule has 2 aromatic rings. The van der Waals surface area contributed by atoms with Crippen LogP contribution in [0.1, 0.15) is 21.0 Å². The summed E-state index contributed by atoms with van der Waals surface area (Å²) in [6, 6.07) is 3.94. The molecule has 18 heavy (non-hydrogen) atoms. The fourth-order valence-electron chi connectivity index (χ4n) is 1.19. The predicted octanol–water partition coefficient (Wildman–Crippen LogP) is 0.804. The van der Waals surface area contributed by atoms with Crippen molar-refractivity contribution in [3.63, 3.8) is 0 Å². The van der Waals surface area contributed by atoms with Crippen molar-refractivity contribution in [1.29, 1.82) is 0 Å². The van der Waals surface area contributed by atoms with Gasteiger partial charge in [-0.2, -0.15) is 5.21 Å². The first kappa shape index (κ1) is 12.0. The molecular formula is C9H6ClN5O3. The topological polar surface area (TPSA) is 121 Å². The van der Waals surface area contributed by atoms with Gasteiger partial charge in [-0.3, -0.25) is 4.79 Å². The van der Waals surface area contributed by atoms with Crippen molar-refractivity contribution in [3.8, 4) is 0 Å². The summed E-state index contributed by atoms with van der Waals surface area (Å²) < 4.78 is 0. The molecule has 0 aliphatic heterocycles. The zero-order valence-corrected chi connectivity index (χ0v) is 9.47. The molecule has 0 aliphatic rings. The number of aromatic carboxylic acids is 1. The van der Waals surface area contributed by atoms with Crippen LogP contribution in [-0.2, 0) is 0 Å². The lowest BCUT2D eigenvalue weighted by Crippen LogP contribution is -2.14. The minimum atomic E-state index is -1.12. The van der Waals surface area contributed by atoms with Crippen molar-refractivity contribution < 1.29 is 14.7 Å². The average molecular weight is 268 g/mol. The molecule has 1 aromatic carbocycles. The number of H-pyrrole nitrogens is 1. The maximum Gasteiger partial charge on any atom is 0.335 e. The quantitative estimate of drug-likeness (QED) is 0.756. The number of carboxylic acid groups (broad SMARTS) is 1. The monoisotopic (exact) mass is 267 g/mol. The first-order valence-electron chi connectivity index (χ1n) is 4.65. The van der Waals surface area contributed by atoms with E-state index in [0.29, 0.717) is 0 Å². The minimum absolute atomic E-state index is 0.00260. The number of nitrogens with zero attached hydrogens (tertiary/aromatic N) is 3. The van der Waals surface area contributed by atoms with Crippen LogP contribution in [0.25, 0.3) is 0 Å². The molecule has 0 spiro atoms. The molecule has 0 fully saturated rings. The van der Waals surface area contributed by atoms with Crippen molar-refractivity contribution in [3.05, 3.63) is 34.6 Å². The maximum absolute atomic E-state index is 11.6. The van der Waals surface area contributed by atoms with Crippen molar-refractivity contribution in [2.45, 2.75) is 0 Å². The third kappa shape index (κ3) is 2.43. The number of anilines is 1. The smallest absolute Gasteiger partial charge is 0.335 e. The standard InChI is InChI=1S/C9H6ClN5O3/c10-5-2-1-4(9(17)18)3-6(5)11-8(16)7-12-14-15-13-7/h1-3H,(H,11,16)(H,17,18)(H,12,13,14,15). The van der Waals surface area contributed by atoms with Crippen LogP contribution in [0.3, 0.4) is 0 Å². The Balaban J connectivity index is 2.26. The first-order valence-corrected chi connectivity index (χ1v) is 5.03. The van der Waals surface area contributed by atoms with E-state index < -0.39 is 11.9 Å². The van der Waals surface area contributed by atoms with E-state index in [1.54, 1.807) is 0 Å². The maximum atomic E-state index is 11.6. The number of carbonyl (C=O) groups excluding carboxylic acids is 1. The third-order valence-electron chi connectivity index (χ3n) is 2.01. The second-order valence-electron chi connectivity index (χ2n) is 3.19. The summed E-state index contributed by atoms with van der Waals surface area (Å²) in [5, 5.41) is 23.7. The third-order valence-corrected chi connectivity index (χ3v) is 2.34. The van der Waals surface area contributed by atoms with Crippen LogP contribution in [0.2, 0.25) is 5.02 Å². The number of nitrogens with one attached hydrogen (secondary N) is 2. The summed E-state index contributed by atoms with van der Waals surface area (Å²) in [6.45, 7) is 0. The number of hydrogen-bond acceptors (Lipinski definition) is 5. The van der Waals surface area contributed by atoms with E-state index >= 15 is 0 Å².